The Balaban J connectivity index is 1.59. The highest BCUT2D eigenvalue weighted by Gasteiger charge is 2.27. The number of benzene rings is 1. The summed E-state index contributed by atoms with van der Waals surface area (Å²) in [5.41, 5.74) is 0.934. The number of alkyl halides is 3. The number of halogens is 4. The topological polar surface area (TPSA) is 44.8 Å². The Labute approximate surface area is 156 Å². The fraction of sp³-hybridized carbons (Fsp3) is 0.588. The molecule has 146 valence electrons. The Bertz CT molecular complexity index is 579. The molecule has 0 saturated carbocycles. The average molecular weight is 394 g/mol. The van der Waals surface area contributed by atoms with E-state index in [9.17, 15) is 18.0 Å². The van der Waals surface area contributed by atoms with Crippen LogP contribution in [0.4, 0.5) is 18.0 Å². The first-order valence-electron chi connectivity index (χ1n) is 8.47. The number of amides is 2. The van der Waals surface area contributed by atoms with Crippen molar-refractivity contribution in [3.05, 3.63) is 34.9 Å². The number of hydrogen-bond acceptors (Lipinski definition) is 3. The first-order valence-corrected chi connectivity index (χ1v) is 8.85. The molecule has 5 nitrogen and oxygen atoms in total. The number of carbonyl (C=O) groups excluding carboxylic acids is 1. The lowest BCUT2D eigenvalue weighted by Crippen LogP contribution is -2.51. The van der Waals surface area contributed by atoms with Gasteiger partial charge in [-0.3, -0.25) is 4.90 Å². The number of ether oxygens (including phenoxy) is 1. The smallest absolute Gasteiger partial charge is 0.372 e. The quantitative estimate of drug-likeness (QED) is 0.724. The number of nitrogens with zero attached hydrogens (tertiary/aromatic N) is 2. The van der Waals surface area contributed by atoms with E-state index in [-0.39, 0.29) is 12.6 Å². The maximum Gasteiger partial charge on any atom is 0.411 e. The zero-order valence-corrected chi connectivity index (χ0v) is 15.2. The van der Waals surface area contributed by atoms with Gasteiger partial charge < -0.3 is 15.0 Å². The summed E-state index contributed by atoms with van der Waals surface area (Å²) in [5.74, 6) is 0. The van der Waals surface area contributed by atoms with Crippen molar-refractivity contribution in [1.29, 1.82) is 0 Å². The summed E-state index contributed by atoms with van der Waals surface area (Å²) in [6, 6.07) is 7.19. The predicted molar refractivity (Wildman–Crippen MR) is 93.2 cm³/mol. The van der Waals surface area contributed by atoms with Crippen LogP contribution in [-0.2, 0) is 11.3 Å². The number of nitrogens with one attached hydrogen (secondary N) is 1. The van der Waals surface area contributed by atoms with Crippen molar-refractivity contribution < 1.29 is 22.7 Å². The van der Waals surface area contributed by atoms with Crippen LogP contribution in [0, 0.1) is 0 Å². The fourth-order valence-electron chi connectivity index (χ4n) is 2.69. The molecule has 0 radical (unpaired) electrons. The molecule has 1 saturated heterocycles. The van der Waals surface area contributed by atoms with Crippen molar-refractivity contribution in [3.63, 3.8) is 0 Å². The summed E-state index contributed by atoms with van der Waals surface area (Å²) in [6.07, 6.45) is -3.74. The highest BCUT2D eigenvalue weighted by atomic mass is 35.5. The summed E-state index contributed by atoms with van der Waals surface area (Å²) in [4.78, 5) is 16.1. The third kappa shape index (κ3) is 7.80. The Morgan fingerprint density at radius 1 is 1.23 bits per heavy atom. The van der Waals surface area contributed by atoms with E-state index >= 15 is 0 Å². The fourth-order valence-corrected chi connectivity index (χ4v) is 2.90. The number of piperazine rings is 1. The van der Waals surface area contributed by atoms with Gasteiger partial charge in [0.25, 0.3) is 0 Å². The molecule has 0 bridgehead atoms. The third-order valence-electron chi connectivity index (χ3n) is 4.02. The van der Waals surface area contributed by atoms with Crippen LogP contribution >= 0.6 is 11.6 Å². The molecule has 1 fully saturated rings. The largest absolute Gasteiger partial charge is 0.411 e. The van der Waals surface area contributed by atoms with E-state index in [1.807, 2.05) is 12.1 Å². The van der Waals surface area contributed by atoms with Crippen LogP contribution in [0.3, 0.4) is 0 Å². The van der Waals surface area contributed by atoms with Gasteiger partial charge in [-0.05, 0) is 24.1 Å². The van der Waals surface area contributed by atoms with E-state index in [1.165, 1.54) is 0 Å². The molecular weight excluding hydrogens is 371 g/mol. The highest BCUT2D eigenvalue weighted by Crippen LogP contribution is 2.14. The number of urea groups is 1. The van der Waals surface area contributed by atoms with E-state index in [4.69, 9.17) is 11.6 Å². The lowest BCUT2D eigenvalue weighted by atomic mass is 10.2. The minimum Gasteiger partial charge on any atom is -0.372 e. The standard InChI is InChI=1S/C17H23ClF3N3O2/c18-15-4-1-3-14(11-15)12-22-16(25)24-8-6-23(7-9-24)5-2-10-26-13-17(19,20)21/h1,3-4,11H,2,5-10,12-13H2,(H,22,25). The lowest BCUT2D eigenvalue weighted by molar-refractivity contribution is -0.174. The Hall–Kier alpha value is -1.51. The van der Waals surface area contributed by atoms with Gasteiger partial charge in [0.15, 0.2) is 0 Å². The number of rotatable bonds is 7. The molecule has 0 aliphatic carbocycles. The van der Waals surface area contributed by atoms with Crippen molar-refractivity contribution in [2.45, 2.75) is 19.1 Å². The van der Waals surface area contributed by atoms with E-state index in [1.54, 1.807) is 17.0 Å². The van der Waals surface area contributed by atoms with Crippen LogP contribution in [0.2, 0.25) is 5.02 Å². The Kier molecular flexibility index (Phi) is 7.99. The maximum absolute atomic E-state index is 12.2. The van der Waals surface area contributed by atoms with Crippen LogP contribution in [0.15, 0.2) is 24.3 Å². The van der Waals surface area contributed by atoms with E-state index < -0.39 is 12.8 Å². The van der Waals surface area contributed by atoms with Gasteiger partial charge in [-0.1, -0.05) is 23.7 Å². The molecule has 26 heavy (non-hydrogen) atoms. The highest BCUT2D eigenvalue weighted by molar-refractivity contribution is 6.30. The second-order valence-corrected chi connectivity index (χ2v) is 6.58. The van der Waals surface area contributed by atoms with Gasteiger partial charge in [0.05, 0.1) is 0 Å². The molecule has 9 heteroatoms. The second-order valence-electron chi connectivity index (χ2n) is 6.14. The molecule has 1 aromatic carbocycles. The molecule has 0 atom stereocenters. The van der Waals surface area contributed by atoms with Crippen LogP contribution < -0.4 is 5.32 Å². The van der Waals surface area contributed by atoms with Gasteiger partial charge in [0.1, 0.15) is 6.61 Å². The molecule has 0 unspecified atom stereocenters. The molecule has 2 amide bonds. The normalized spacial score (nSPS) is 15.9. The molecule has 1 heterocycles. The van der Waals surface area contributed by atoms with Crippen LogP contribution in [0.25, 0.3) is 0 Å². The second kappa shape index (κ2) is 9.99. The van der Waals surface area contributed by atoms with E-state index in [0.717, 1.165) is 5.56 Å². The summed E-state index contributed by atoms with van der Waals surface area (Å²) in [6.45, 7) is 2.53. The summed E-state index contributed by atoms with van der Waals surface area (Å²) < 4.78 is 40.5. The van der Waals surface area contributed by atoms with Gasteiger partial charge >= 0.3 is 12.2 Å². The van der Waals surface area contributed by atoms with Gasteiger partial charge in [0, 0.05) is 50.9 Å². The molecule has 1 N–H and O–H groups in total. The van der Waals surface area contributed by atoms with Crippen molar-refractivity contribution >= 4 is 17.6 Å². The van der Waals surface area contributed by atoms with Crippen LogP contribution in [0.1, 0.15) is 12.0 Å². The zero-order chi connectivity index (χ0) is 19.0. The minimum absolute atomic E-state index is 0.0832. The molecule has 0 spiro atoms. The molecule has 1 aliphatic rings. The van der Waals surface area contributed by atoms with Crippen molar-refractivity contribution in [3.8, 4) is 0 Å². The first kappa shape index (κ1) is 20.8. The molecule has 0 aromatic heterocycles. The zero-order valence-electron chi connectivity index (χ0n) is 14.4. The van der Waals surface area contributed by atoms with Gasteiger partial charge in [0.2, 0.25) is 0 Å². The molecule has 1 aliphatic heterocycles. The molecular formula is C17H23ClF3N3O2. The van der Waals surface area contributed by atoms with E-state index in [0.29, 0.717) is 50.7 Å². The average Bonchev–Trinajstić information content (AvgIpc) is 2.59. The monoisotopic (exact) mass is 393 g/mol. The van der Waals surface area contributed by atoms with Gasteiger partial charge in [-0.15, -0.1) is 0 Å². The third-order valence-corrected chi connectivity index (χ3v) is 4.26. The minimum atomic E-state index is -4.27. The lowest BCUT2D eigenvalue weighted by Gasteiger charge is -2.34. The summed E-state index contributed by atoms with van der Waals surface area (Å²) >= 11 is 5.92. The predicted octanol–water partition coefficient (Wildman–Crippen LogP) is 3.14. The van der Waals surface area contributed by atoms with Crippen molar-refractivity contribution in [2.75, 3.05) is 45.9 Å². The van der Waals surface area contributed by atoms with Crippen LogP contribution in [0.5, 0.6) is 0 Å². The molecule has 1 aromatic rings. The molecule has 2 rings (SSSR count). The Morgan fingerprint density at radius 3 is 2.62 bits per heavy atom. The van der Waals surface area contributed by atoms with Gasteiger partial charge in [-0.2, -0.15) is 13.2 Å². The first-order chi connectivity index (χ1) is 12.3. The van der Waals surface area contributed by atoms with Crippen LogP contribution in [-0.4, -0.2) is 67.9 Å². The number of hydrogen-bond donors (Lipinski definition) is 1. The summed E-state index contributed by atoms with van der Waals surface area (Å²) in [7, 11) is 0. The van der Waals surface area contributed by atoms with E-state index in [2.05, 4.69) is 15.0 Å². The van der Waals surface area contributed by atoms with Crippen molar-refractivity contribution in [1.82, 2.24) is 15.1 Å². The summed E-state index contributed by atoms with van der Waals surface area (Å²) in [5, 5.41) is 3.50. The van der Waals surface area contributed by atoms with Gasteiger partial charge in [-0.25, -0.2) is 4.79 Å². The van der Waals surface area contributed by atoms with Crippen molar-refractivity contribution in [2.24, 2.45) is 0 Å². The maximum atomic E-state index is 12.2. The Morgan fingerprint density at radius 2 is 1.96 bits per heavy atom. The SMILES string of the molecule is O=C(NCc1cccc(Cl)c1)N1CCN(CCCOCC(F)(F)F)CC1. The number of carbonyl (C=O) groups is 1.